The molecule has 19 heavy (non-hydrogen) atoms. The predicted molar refractivity (Wildman–Crippen MR) is 76.4 cm³/mol. The number of fused-ring (bicyclic) bond motifs is 3. The molecule has 0 bridgehead atoms. The lowest BCUT2D eigenvalue weighted by Crippen LogP contribution is -2.52. The molecule has 4 nitrogen and oxygen atoms in total. The van der Waals surface area contributed by atoms with Crippen molar-refractivity contribution < 1.29 is 9.47 Å². The van der Waals surface area contributed by atoms with Crippen molar-refractivity contribution in [2.24, 2.45) is 0 Å². The molecule has 104 valence electrons. The van der Waals surface area contributed by atoms with Crippen LogP contribution in [0.1, 0.15) is 6.42 Å². The van der Waals surface area contributed by atoms with Crippen molar-refractivity contribution in [2.75, 3.05) is 38.3 Å². The highest BCUT2D eigenvalue weighted by Gasteiger charge is 2.32. The molecule has 3 rings (SSSR count). The largest absolute Gasteiger partial charge is 0.484 e. The molecule has 2 heterocycles. The van der Waals surface area contributed by atoms with Gasteiger partial charge < -0.3 is 19.7 Å². The Morgan fingerprint density at radius 1 is 1.53 bits per heavy atom. The summed E-state index contributed by atoms with van der Waals surface area (Å²) < 4.78 is 11.4. The van der Waals surface area contributed by atoms with Crippen LogP contribution in [0.3, 0.4) is 0 Å². The smallest absolute Gasteiger partial charge is 0.161 e. The van der Waals surface area contributed by atoms with Crippen molar-refractivity contribution in [3.63, 3.8) is 0 Å². The summed E-state index contributed by atoms with van der Waals surface area (Å²) in [5, 5.41) is 4.13. The van der Waals surface area contributed by atoms with E-state index in [0.29, 0.717) is 17.7 Å². The van der Waals surface area contributed by atoms with E-state index < -0.39 is 0 Å². The first kappa shape index (κ1) is 13.0. The standard InChI is InChI=1S/C14H19ClN2O2/c1-18-9-11-7-10-8-16-5-6-17(10)13-4-2-3-12(15)14(13)19-11/h2-4,10-11,16H,5-9H2,1H3/t10-,11+/m1/s1. The Hall–Kier alpha value is -0.970. The Balaban J connectivity index is 1.98. The quantitative estimate of drug-likeness (QED) is 0.899. The Labute approximate surface area is 118 Å². The fraction of sp³-hybridized carbons (Fsp3) is 0.571. The second-order valence-corrected chi connectivity index (χ2v) is 5.48. The van der Waals surface area contributed by atoms with E-state index in [9.17, 15) is 0 Å². The summed E-state index contributed by atoms with van der Waals surface area (Å²) in [6, 6.07) is 6.40. The molecule has 1 N–H and O–H groups in total. The average Bonchev–Trinajstić information content (AvgIpc) is 2.57. The second-order valence-electron chi connectivity index (χ2n) is 5.07. The van der Waals surface area contributed by atoms with E-state index in [0.717, 1.165) is 37.5 Å². The summed E-state index contributed by atoms with van der Waals surface area (Å²) in [6.07, 6.45) is 1.00. The first-order chi connectivity index (χ1) is 9.29. The van der Waals surface area contributed by atoms with Crippen molar-refractivity contribution in [1.82, 2.24) is 5.32 Å². The Morgan fingerprint density at radius 2 is 2.42 bits per heavy atom. The number of nitrogens with one attached hydrogen (secondary N) is 1. The van der Waals surface area contributed by atoms with E-state index >= 15 is 0 Å². The number of ether oxygens (including phenoxy) is 2. The van der Waals surface area contributed by atoms with Crippen LogP contribution < -0.4 is 15.0 Å². The minimum atomic E-state index is 0.0542. The third-order valence-corrected chi connectivity index (χ3v) is 4.08. The van der Waals surface area contributed by atoms with Gasteiger partial charge in [0.2, 0.25) is 0 Å². The normalized spacial score (nSPS) is 26.1. The first-order valence-electron chi connectivity index (χ1n) is 6.71. The topological polar surface area (TPSA) is 33.7 Å². The van der Waals surface area contributed by atoms with Crippen molar-refractivity contribution in [3.05, 3.63) is 23.2 Å². The van der Waals surface area contributed by atoms with E-state index in [4.69, 9.17) is 21.1 Å². The van der Waals surface area contributed by atoms with Crippen molar-refractivity contribution in [1.29, 1.82) is 0 Å². The molecular formula is C14H19ClN2O2. The highest BCUT2D eigenvalue weighted by molar-refractivity contribution is 6.32. The maximum atomic E-state index is 6.30. The second kappa shape index (κ2) is 5.57. The molecule has 2 aliphatic rings. The van der Waals surface area contributed by atoms with Crippen LogP contribution in [0.4, 0.5) is 5.69 Å². The SMILES string of the molecule is COC[C@@H]1C[C@@H]2CNCCN2c2cccc(Cl)c2O1. The number of piperazine rings is 1. The van der Waals surface area contributed by atoms with E-state index in [-0.39, 0.29) is 6.10 Å². The van der Waals surface area contributed by atoms with Crippen LogP contribution in [0.25, 0.3) is 0 Å². The van der Waals surface area contributed by atoms with Gasteiger partial charge in [-0.15, -0.1) is 0 Å². The van der Waals surface area contributed by atoms with Gasteiger partial charge in [0.1, 0.15) is 6.10 Å². The van der Waals surface area contributed by atoms with E-state index in [1.54, 1.807) is 7.11 Å². The lowest BCUT2D eigenvalue weighted by Gasteiger charge is -2.37. The number of hydrogen-bond acceptors (Lipinski definition) is 4. The van der Waals surface area contributed by atoms with Crippen molar-refractivity contribution >= 4 is 17.3 Å². The number of anilines is 1. The molecule has 1 fully saturated rings. The fourth-order valence-electron chi connectivity index (χ4n) is 2.94. The average molecular weight is 283 g/mol. The molecule has 0 radical (unpaired) electrons. The zero-order valence-corrected chi connectivity index (χ0v) is 11.8. The molecule has 0 aliphatic carbocycles. The maximum absolute atomic E-state index is 6.30. The van der Waals surface area contributed by atoms with Gasteiger partial charge in [-0.25, -0.2) is 0 Å². The highest BCUT2D eigenvalue weighted by Crippen LogP contribution is 2.40. The third-order valence-electron chi connectivity index (χ3n) is 3.78. The predicted octanol–water partition coefficient (Wildman–Crippen LogP) is 1.92. The van der Waals surface area contributed by atoms with Gasteiger partial charge in [0.25, 0.3) is 0 Å². The monoisotopic (exact) mass is 282 g/mol. The molecule has 1 aromatic carbocycles. The van der Waals surface area contributed by atoms with E-state index in [2.05, 4.69) is 16.3 Å². The van der Waals surface area contributed by atoms with Crippen LogP contribution in [0.2, 0.25) is 5.02 Å². The maximum Gasteiger partial charge on any atom is 0.161 e. The molecule has 2 atom stereocenters. The summed E-state index contributed by atoms with van der Waals surface area (Å²) in [5.74, 6) is 0.801. The first-order valence-corrected chi connectivity index (χ1v) is 7.09. The molecule has 0 unspecified atom stereocenters. The van der Waals surface area contributed by atoms with E-state index in [1.807, 2.05) is 12.1 Å². The lowest BCUT2D eigenvalue weighted by molar-refractivity contribution is 0.0746. The Morgan fingerprint density at radius 3 is 3.26 bits per heavy atom. The lowest BCUT2D eigenvalue weighted by atomic mass is 10.1. The van der Waals surface area contributed by atoms with Gasteiger partial charge in [-0.3, -0.25) is 0 Å². The Bertz CT molecular complexity index is 455. The summed E-state index contributed by atoms with van der Waals surface area (Å²) in [5.41, 5.74) is 1.11. The Kier molecular flexibility index (Phi) is 3.82. The number of rotatable bonds is 2. The minimum absolute atomic E-state index is 0.0542. The molecule has 1 saturated heterocycles. The van der Waals surface area contributed by atoms with Gasteiger partial charge in [-0.2, -0.15) is 0 Å². The van der Waals surface area contributed by atoms with Gasteiger partial charge in [-0.1, -0.05) is 17.7 Å². The summed E-state index contributed by atoms with van der Waals surface area (Å²) in [4.78, 5) is 2.41. The van der Waals surface area contributed by atoms with Gasteiger partial charge in [0, 0.05) is 39.2 Å². The third kappa shape index (κ3) is 2.53. The zero-order chi connectivity index (χ0) is 13.2. The fourth-order valence-corrected chi connectivity index (χ4v) is 3.15. The van der Waals surface area contributed by atoms with Gasteiger partial charge in [0.05, 0.1) is 17.3 Å². The summed E-state index contributed by atoms with van der Waals surface area (Å²) in [6.45, 7) is 3.56. The number of nitrogens with zero attached hydrogens (tertiary/aromatic N) is 1. The molecule has 1 aromatic rings. The zero-order valence-electron chi connectivity index (χ0n) is 11.1. The summed E-state index contributed by atoms with van der Waals surface area (Å²) >= 11 is 6.30. The van der Waals surface area contributed by atoms with Crippen LogP contribution in [0.5, 0.6) is 5.75 Å². The number of para-hydroxylation sites is 1. The molecule has 5 heteroatoms. The molecule has 2 aliphatic heterocycles. The molecule has 0 aromatic heterocycles. The number of halogens is 1. The van der Waals surface area contributed by atoms with Crippen LogP contribution in [-0.4, -0.2) is 45.5 Å². The number of benzene rings is 1. The number of methoxy groups -OCH3 is 1. The van der Waals surface area contributed by atoms with Gasteiger partial charge in [0.15, 0.2) is 5.75 Å². The summed E-state index contributed by atoms with van der Waals surface area (Å²) in [7, 11) is 1.71. The molecule has 0 amide bonds. The van der Waals surface area contributed by atoms with Gasteiger partial charge in [-0.05, 0) is 12.1 Å². The molecular weight excluding hydrogens is 264 g/mol. The van der Waals surface area contributed by atoms with Gasteiger partial charge >= 0.3 is 0 Å². The van der Waals surface area contributed by atoms with E-state index in [1.165, 1.54) is 0 Å². The number of hydrogen-bond donors (Lipinski definition) is 1. The molecule has 0 saturated carbocycles. The van der Waals surface area contributed by atoms with Crippen LogP contribution >= 0.6 is 11.6 Å². The van der Waals surface area contributed by atoms with Crippen LogP contribution in [0, 0.1) is 0 Å². The van der Waals surface area contributed by atoms with Crippen LogP contribution in [0.15, 0.2) is 18.2 Å². The highest BCUT2D eigenvalue weighted by atomic mass is 35.5. The minimum Gasteiger partial charge on any atom is -0.484 e. The molecule has 0 spiro atoms. The van der Waals surface area contributed by atoms with Crippen molar-refractivity contribution in [3.8, 4) is 5.75 Å². The van der Waals surface area contributed by atoms with Crippen LogP contribution in [-0.2, 0) is 4.74 Å². The van der Waals surface area contributed by atoms with Crippen molar-refractivity contribution in [2.45, 2.75) is 18.6 Å².